The van der Waals surface area contributed by atoms with Gasteiger partial charge in [0.15, 0.2) is 11.5 Å². The molecule has 0 unspecified atom stereocenters. The maximum Gasteiger partial charge on any atom is 0.244 e. The van der Waals surface area contributed by atoms with E-state index in [4.69, 9.17) is 9.47 Å². The molecule has 0 atom stereocenters. The third-order valence-electron chi connectivity index (χ3n) is 3.43. The zero-order valence-corrected chi connectivity index (χ0v) is 10.5. The predicted octanol–water partition coefficient (Wildman–Crippen LogP) is 1.04. The maximum atomic E-state index is 12.2. The van der Waals surface area contributed by atoms with Crippen LogP contribution in [0.25, 0.3) is 0 Å². The van der Waals surface area contributed by atoms with Gasteiger partial charge in [-0.2, -0.15) is 0 Å². The Labute approximate surface area is 106 Å². The first-order chi connectivity index (χ1) is 8.62. The van der Waals surface area contributed by atoms with E-state index in [9.17, 15) is 4.79 Å². The van der Waals surface area contributed by atoms with Crippen LogP contribution in [0.15, 0.2) is 18.2 Å². The van der Waals surface area contributed by atoms with Crippen LogP contribution in [0.3, 0.4) is 0 Å². The molecule has 5 heteroatoms. The highest BCUT2D eigenvalue weighted by atomic mass is 16.7. The number of fused-ring (bicyclic) bond motifs is 1. The lowest BCUT2D eigenvalue weighted by molar-refractivity contribution is -0.127. The fourth-order valence-corrected chi connectivity index (χ4v) is 2.28. The summed E-state index contributed by atoms with van der Waals surface area (Å²) in [7, 11) is 3.63. The van der Waals surface area contributed by atoms with Gasteiger partial charge in [0.1, 0.15) is 0 Å². The van der Waals surface area contributed by atoms with Gasteiger partial charge >= 0.3 is 0 Å². The van der Waals surface area contributed by atoms with Crippen molar-refractivity contribution in [3.05, 3.63) is 23.8 Å². The van der Waals surface area contributed by atoms with E-state index in [2.05, 4.69) is 5.43 Å². The van der Waals surface area contributed by atoms with Gasteiger partial charge in [-0.3, -0.25) is 10.2 Å². The number of ether oxygens (including phenoxy) is 2. The molecule has 0 bridgehead atoms. The third kappa shape index (κ3) is 1.71. The quantitative estimate of drug-likeness (QED) is 0.812. The molecule has 1 saturated carbocycles. The van der Waals surface area contributed by atoms with Crippen LogP contribution in [0.4, 0.5) is 0 Å². The van der Waals surface area contributed by atoms with Crippen molar-refractivity contribution in [2.24, 2.45) is 0 Å². The van der Waals surface area contributed by atoms with Crippen molar-refractivity contribution in [2.45, 2.75) is 18.3 Å². The topological polar surface area (TPSA) is 50.8 Å². The fourth-order valence-electron chi connectivity index (χ4n) is 2.28. The van der Waals surface area contributed by atoms with Crippen molar-refractivity contribution in [2.75, 3.05) is 20.9 Å². The molecular formula is C13H16N2O3. The predicted molar refractivity (Wildman–Crippen MR) is 65.3 cm³/mol. The van der Waals surface area contributed by atoms with E-state index in [1.165, 1.54) is 0 Å². The van der Waals surface area contributed by atoms with Crippen LogP contribution >= 0.6 is 0 Å². The number of hydrogen-bond acceptors (Lipinski definition) is 4. The molecule has 1 amide bonds. The van der Waals surface area contributed by atoms with Gasteiger partial charge in [0.25, 0.3) is 0 Å². The lowest BCUT2D eigenvalue weighted by Gasteiger charge is -2.19. The van der Waals surface area contributed by atoms with Crippen molar-refractivity contribution >= 4 is 5.91 Å². The van der Waals surface area contributed by atoms with Gasteiger partial charge in [-0.25, -0.2) is 5.01 Å². The standard InChI is InChI=1S/C13H16N2O3/c1-15(2)14-12(16)13(5-6-13)9-3-4-10-11(7-9)18-8-17-10/h3-4,7H,5-6,8H2,1-2H3,(H,14,16). The van der Waals surface area contributed by atoms with Gasteiger partial charge in [-0.05, 0) is 30.5 Å². The summed E-state index contributed by atoms with van der Waals surface area (Å²) < 4.78 is 10.6. The summed E-state index contributed by atoms with van der Waals surface area (Å²) in [5.41, 5.74) is 3.46. The molecule has 1 fully saturated rings. The summed E-state index contributed by atoms with van der Waals surface area (Å²) in [6.45, 7) is 0.260. The zero-order valence-electron chi connectivity index (χ0n) is 10.5. The Balaban J connectivity index is 1.88. The van der Waals surface area contributed by atoms with E-state index < -0.39 is 0 Å². The molecule has 0 radical (unpaired) electrons. The summed E-state index contributed by atoms with van der Waals surface area (Å²) in [5.74, 6) is 1.53. The number of carbonyl (C=O) groups excluding carboxylic acids is 1. The van der Waals surface area contributed by atoms with Crippen molar-refractivity contribution in [3.8, 4) is 11.5 Å². The van der Waals surface area contributed by atoms with Crippen LogP contribution in [0, 0.1) is 0 Å². The Morgan fingerprint density at radius 3 is 2.67 bits per heavy atom. The lowest BCUT2D eigenvalue weighted by Crippen LogP contribution is -2.42. The summed E-state index contributed by atoms with van der Waals surface area (Å²) in [4.78, 5) is 12.2. The average Bonchev–Trinajstić information content (AvgIpc) is 3.00. The SMILES string of the molecule is CN(C)NC(=O)C1(c2ccc3c(c2)OCO3)CC1. The van der Waals surface area contributed by atoms with E-state index in [1.54, 1.807) is 5.01 Å². The van der Waals surface area contributed by atoms with Crippen LogP contribution in [-0.4, -0.2) is 31.8 Å². The number of amides is 1. The first-order valence-corrected chi connectivity index (χ1v) is 6.00. The first-order valence-electron chi connectivity index (χ1n) is 6.00. The molecule has 2 aliphatic rings. The molecular weight excluding hydrogens is 232 g/mol. The summed E-state index contributed by atoms with van der Waals surface area (Å²) >= 11 is 0. The van der Waals surface area contributed by atoms with Crippen molar-refractivity contribution in [3.63, 3.8) is 0 Å². The smallest absolute Gasteiger partial charge is 0.244 e. The fraction of sp³-hybridized carbons (Fsp3) is 0.462. The number of benzene rings is 1. The first kappa shape index (κ1) is 11.3. The number of rotatable bonds is 3. The molecule has 1 N–H and O–H groups in total. The second-order valence-corrected chi connectivity index (χ2v) is 4.99. The molecule has 18 heavy (non-hydrogen) atoms. The summed E-state index contributed by atoms with van der Waals surface area (Å²) in [6.07, 6.45) is 1.76. The van der Waals surface area contributed by atoms with Gasteiger partial charge in [0.05, 0.1) is 5.41 Å². The highest BCUT2D eigenvalue weighted by molar-refractivity contribution is 5.91. The minimum atomic E-state index is -0.384. The normalized spacial score (nSPS) is 18.8. The van der Waals surface area contributed by atoms with Gasteiger partial charge in [-0.1, -0.05) is 6.07 Å². The Morgan fingerprint density at radius 1 is 1.28 bits per heavy atom. The molecule has 1 aromatic rings. The molecule has 5 nitrogen and oxygen atoms in total. The Kier molecular flexibility index (Phi) is 2.45. The van der Waals surface area contributed by atoms with E-state index in [1.807, 2.05) is 32.3 Å². The second-order valence-electron chi connectivity index (χ2n) is 4.99. The Bertz CT molecular complexity index is 495. The minimum Gasteiger partial charge on any atom is -0.454 e. The zero-order chi connectivity index (χ0) is 12.8. The molecule has 1 aromatic carbocycles. The van der Waals surface area contributed by atoms with Crippen molar-refractivity contribution < 1.29 is 14.3 Å². The van der Waals surface area contributed by atoms with Gasteiger partial charge < -0.3 is 9.47 Å². The van der Waals surface area contributed by atoms with Crippen molar-refractivity contribution in [1.29, 1.82) is 0 Å². The van der Waals surface area contributed by atoms with E-state index in [0.29, 0.717) is 0 Å². The van der Waals surface area contributed by atoms with E-state index in [0.717, 1.165) is 29.9 Å². The van der Waals surface area contributed by atoms with E-state index in [-0.39, 0.29) is 18.1 Å². The number of hydrogen-bond donors (Lipinski definition) is 1. The Hall–Kier alpha value is -1.75. The average molecular weight is 248 g/mol. The number of nitrogens with zero attached hydrogens (tertiary/aromatic N) is 1. The lowest BCUT2D eigenvalue weighted by atomic mass is 9.95. The monoisotopic (exact) mass is 248 g/mol. The number of carbonyl (C=O) groups is 1. The molecule has 3 rings (SSSR count). The molecule has 1 aliphatic heterocycles. The molecule has 0 spiro atoms. The molecule has 96 valence electrons. The molecule has 1 aliphatic carbocycles. The Morgan fingerprint density at radius 2 is 2.00 bits per heavy atom. The summed E-state index contributed by atoms with van der Waals surface area (Å²) in [6, 6.07) is 5.75. The number of nitrogens with one attached hydrogen (secondary N) is 1. The third-order valence-corrected chi connectivity index (χ3v) is 3.43. The van der Waals surface area contributed by atoms with Crippen LogP contribution in [0.2, 0.25) is 0 Å². The largest absolute Gasteiger partial charge is 0.454 e. The minimum absolute atomic E-state index is 0.0476. The molecule has 1 heterocycles. The molecule has 0 aromatic heterocycles. The van der Waals surface area contributed by atoms with Gasteiger partial charge in [-0.15, -0.1) is 0 Å². The van der Waals surface area contributed by atoms with Crippen LogP contribution in [-0.2, 0) is 10.2 Å². The van der Waals surface area contributed by atoms with Crippen molar-refractivity contribution in [1.82, 2.24) is 10.4 Å². The molecule has 0 saturated heterocycles. The van der Waals surface area contributed by atoms with Gasteiger partial charge in [0, 0.05) is 14.1 Å². The van der Waals surface area contributed by atoms with Gasteiger partial charge in [0.2, 0.25) is 12.7 Å². The second kappa shape index (κ2) is 3.88. The number of hydrazine groups is 1. The highest BCUT2D eigenvalue weighted by Crippen LogP contribution is 2.50. The van der Waals surface area contributed by atoms with Crippen LogP contribution in [0.1, 0.15) is 18.4 Å². The maximum absolute atomic E-state index is 12.2. The van der Waals surface area contributed by atoms with Crippen LogP contribution in [0.5, 0.6) is 11.5 Å². The van der Waals surface area contributed by atoms with E-state index >= 15 is 0 Å². The summed E-state index contributed by atoms with van der Waals surface area (Å²) in [5, 5.41) is 1.68. The highest BCUT2D eigenvalue weighted by Gasteiger charge is 2.51. The van der Waals surface area contributed by atoms with Crippen LogP contribution < -0.4 is 14.9 Å².